The second kappa shape index (κ2) is 6.19. The maximum atomic E-state index is 12.9. The van der Waals surface area contributed by atoms with Crippen molar-refractivity contribution in [3.8, 4) is 5.75 Å². The van der Waals surface area contributed by atoms with Gasteiger partial charge >= 0.3 is 0 Å². The molecule has 0 radical (unpaired) electrons. The van der Waals surface area contributed by atoms with E-state index < -0.39 is 0 Å². The molecule has 124 valence electrons. The van der Waals surface area contributed by atoms with Crippen LogP contribution >= 0.6 is 0 Å². The van der Waals surface area contributed by atoms with Crippen molar-refractivity contribution < 1.29 is 9.53 Å². The van der Waals surface area contributed by atoms with Crippen LogP contribution in [-0.4, -0.2) is 32.7 Å². The molecule has 0 bridgehead atoms. The van der Waals surface area contributed by atoms with Gasteiger partial charge in [0.2, 0.25) is 5.91 Å². The number of anilines is 2. The van der Waals surface area contributed by atoms with Crippen LogP contribution in [0.4, 0.5) is 11.4 Å². The van der Waals surface area contributed by atoms with Gasteiger partial charge in [-0.1, -0.05) is 24.3 Å². The molecule has 0 unspecified atom stereocenters. The van der Waals surface area contributed by atoms with Crippen molar-refractivity contribution in [2.75, 3.05) is 36.5 Å². The Kier molecular flexibility index (Phi) is 3.89. The number of methoxy groups -OCH3 is 1. The lowest BCUT2D eigenvalue weighted by Gasteiger charge is -2.41. The number of para-hydroxylation sites is 1. The molecule has 1 amide bonds. The number of aryl methyl sites for hydroxylation is 1. The number of amides is 1. The Morgan fingerprint density at radius 3 is 2.71 bits per heavy atom. The molecule has 0 spiro atoms. The molecule has 0 fully saturated rings. The first-order chi connectivity index (χ1) is 11.8. The zero-order valence-electron chi connectivity index (χ0n) is 14.0. The molecule has 0 saturated carbocycles. The standard InChI is InChI=1S/C20H22N2O2/c1-24-17-9-7-15(8-10-17)14-19(23)22-13-12-21-11-3-5-16-4-2-6-18(22)20(16)21/h2,4,6-10H,3,5,11-14H2,1H3. The third-order valence-electron chi connectivity index (χ3n) is 4.99. The second-order valence-corrected chi connectivity index (χ2v) is 6.45. The van der Waals surface area contributed by atoms with Gasteiger partial charge in [0, 0.05) is 19.6 Å². The van der Waals surface area contributed by atoms with Gasteiger partial charge in [-0.2, -0.15) is 0 Å². The Hall–Kier alpha value is -2.49. The van der Waals surface area contributed by atoms with E-state index in [0.29, 0.717) is 6.42 Å². The van der Waals surface area contributed by atoms with Crippen LogP contribution in [0.15, 0.2) is 42.5 Å². The third kappa shape index (κ3) is 2.62. The lowest BCUT2D eigenvalue weighted by atomic mass is 9.97. The Bertz CT molecular complexity index is 755. The van der Waals surface area contributed by atoms with E-state index in [1.807, 2.05) is 29.2 Å². The summed E-state index contributed by atoms with van der Waals surface area (Å²) in [5.41, 5.74) is 4.75. The van der Waals surface area contributed by atoms with Crippen molar-refractivity contribution in [2.24, 2.45) is 0 Å². The van der Waals surface area contributed by atoms with E-state index in [9.17, 15) is 4.79 Å². The van der Waals surface area contributed by atoms with Gasteiger partial charge in [-0.05, 0) is 42.2 Å². The van der Waals surface area contributed by atoms with Gasteiger partial charge in [-0.25, -0.2) is 0 Å². The molecule has 4 rings (SSSR count). The molecule has 0 N–H and O–H groups in total. The summed E-state index contributed by atoms with van der Waals surface area (Å²) in [6.45, 7) is 2.80. The van der Waals surface area contributed by atoms with Crippen molar-refractivity contribution in [3.05, 3.63) is 53.6 Å². The molecule has 0 atom stereocenters. The molecule has 4 heteroatoms. The largest absolute Gasteiger partial charge is 0.497 e. The molecule has 2 aliphatic heterocycles. The van der Waals surface area contributed by atoms with E-state index in [1.54, 1.807) is 7.11 Å². The van der Waals surface area contributed by atoms with Gasteiger partial charge in [0.25, 0.3) is 0 Å². The summed E-state index contributed by atoms with van der Waals surface area (Å²) < 4.78 is 5.18. The lowest BCUT2D eigenvalue weighted by molar-refractivity contribution is -0.118. The third-order valence-corrected chi connectivity index (χ3v) is 4.99. The fraction of sp³-hybridized carbons (Fsp3) is 0.350. The van der Waals surface area contributed by atoms with Crippen LogP contribution in [0.2, 0.25) is 0 Å². The van der Waals surface area contributed by atoms with E-state index in [1.165, 1.54) is 17.7 Å². The highest BCUT2D eigenvalue weighted by Crippen LogP contribution is 2.39. The van der Waals surface area contributed by atoms with Crippen LogP contribution in [0.1, 0.15) is 17.5 Å². The van der Waals surface area contributed by atoms with Crippen molar-refractivity contribution in [2.45, 2.75) is 19.3 Å². The number of hydrogen-bond acceptors (Lipinski definition) is 3. The number of ether oxygens (including phenoxy) is 1. The van der Waals surface area contributed by atoms with E-state index in [2.05, 4.69) is 23.1 Å². The normalized spacial score (nSPS) is 15.9. The molecular weight excluding hydrogens is 300 g/mol. The monoisotopic (exact) mass is 322 g/mol. The van der Waals surface area contributed by atoms with Gasteiger partial charge in [-0.15, -0.1) is 0 Å². The highest BCUT2D eigenvalue weighted by atomic mass is 16.5. The van der Waals surface area contributed by atoms with Gasteiger partial charge in [-0.3, -0.25) is 4.79 Å². The molecule has 0 aromatic heterocycles. The predicted molar refractivity (Wildman–Crippen MR) is 96.0 cm³/mol. The van der Waals surface area contributed by atoms with Crippen LogP contribution < -0.4 is 14.5 Å². The minimum Gasteiger partial charge on any atom is -0.497 e. The van der Waals surface area contributed by atoms with Crippen LogP contribution in [0, 0.1) is 0 Å². The summed E-state index contributed by atoms with van der Waals surface area (Å²) >= 11 is 0. The maximum absolute atomic E-state index is 12.9. The smallest absolute Gasteiger partial charge is 0.231 e. The minimum atomic E-state index is 0.166. The maximum Gasteiger partial charge on any atom is 0.231 e. The van der Waals surface area contributed by atoms with Crippen molar-refractivity contribution in [1.29, 1.82) is 0 Å². The molecule has 2 aromatic carbocycles. The fourth-order valence-corrected chi connectivity index (χ4v) is 3.77. The number of carbonyl (C=O) groups excluding carboxylic acids is 1. The number of rotatable bonds is 3. The SMILES string of the molecule is COc1ccc(CC(=O)N2CCN3CCCc4cccc2c43)cc1. The molecule has 2 heterocycles. The second-order valence-electron chi connectivity index (χ2n) is 6.45. The molecule has 0 aliphatic carbocycles. The zero-order valence-corrected chi connectivity index (χ0v) is 14.0. The summed E-state index contributed by atoms with van der Waals surface area (Å²) in [5.74, 6) is 0.982. The number of benzene rings is 2. The first kappa shape index (κ1) is 15.1. The number of carbonyl (C=O) groups is 1. The molecular formula is C20H22N2O2. The van der Waals surface area contributed by atoms with Gasteiger partial charge in [0.05, 0.1) is 24.9 Å². The highest BCUT2D eigenvalue weighted by Gasteiger charge is 2.30. The molecule has 24 heavy (non-hydrogen) atoms. The summed E-state index contributed by atoms with van der Waals surface area (Å²) in [6, 6.07) is 14.1. The first-order valence-electron chi connectivity index (χ1n) is 8.56. The van der Waals surface area contributed by atoms with Crippen LogP contribution in [-0.2, 0) is 17.6 Å². The summed E-state index contributed by atoms with van der Waals surface area (Å²) in [6.07, 6.45) is 2.74. The van der Waals surface area contributed by atoms with Crippen molar-refractivity contribution >= 4 is 17.3 Å². The lowest BCUT2D eigenvalue weighted by Crippen LogP contribution is -2.46. The van der Waals surface area contributed by atoms with E-state index in [-0.39, 0.29) is 5.91 Å². The van der Waals surface area contributed by atoms with E-state index >= 15 is 0 Å². The number of nitrogens with zero attached hydrogens (tertiary/aromatic N) is 2. The fourth-order valence-electron chi connectivity index (χ4n) is 3.77. The van der Waals surface area contributed by atoms with E-state index in [0.717, 1.165) is 43.1 Å². The summed E-state index contributed by atoms with van der Waals surface area (Å²) in [5, 5.41) is 0. The Labute approximate surface area is 142 Å². The van der Waals surface area contributed by atoms with Gasteiger partial charge in [0.1, 0.15) is 5.75 Å². The molecule has 0 saturated heterocycles. The topological polar surface area (TPSA) is 32.8 Å². The summed E-state index contributed by atoms with van der Waals surface area (Å²) in [7, 11) is 1.65. The van der Waals surface area contributed by atoms with Crippen LogP contribution in [0.25, 0.3) is 0 Å². The van der Waals surface area contributed by atoms with Crippen molar-refractivity contribution in [3.63, 3.8) is 0 Å². The predicted octanol–water partition coefficient (Wildman–Crippen LogP) is 3.04. The van der Waals surface area contributed by atoms with Gasteiger partial charge in [0.15, 0.2) is 0 Å². The average molecular weight is 322 g/mol. The van der Waals surface area contributed by atoms with Crippen LogP contribution in [0.5, 0.6) is 5.75 Å². The highest BCUT2D eigenvalue weighted by molar-refractivity contribution is 5.99. The Balaban J connectivity index is 1.59. The Morgan fingerprint density at radius 2 is 1.92 bits per heavy atom. The average Bonchev–Trinajstić information content (AvgIpc) is 2.63. The van der Waals surface area contributed by atoms with Crippen molar-refractivity contribution in [1.82, 2.24) is 0 Å². The molecule has 4 nitrogen and oxygen atoms in total. The van der Waals surface area contributed by atoms with Crippen LogP contribution in [0.3, 0.4) is 0 Å². The summed E-state index contributed by atoms with van der Waals surface area (Å²) in [4.78, 5) is 17.3. The van der Waals surface area contributed by atoms with Gasteiger partial charge < -0.3 is 14.5 Å². The zero-order chi connectivity index (χ0) is 16.5. The number of hydrogen-bond donors (Lipinski definition) is 0. The van der Waals surface area contributed by atoms with E-state index in [4.69, 9.17) is 4.74 Å². The quantitative estimate of drug-likeness (QED) is 0.871. The minimum absolute atomic E-state index is 0.166. The molecule has 2 aromatic rings. The first-order valence-corrected chi connectivity index (χ1v) is 8.56. The molecule has 2 aliphatic rings. The Morgan fingerprint density at radius 1 is 1.08 bits per heavy atom.